The number of tetrazole rings is 1. The highest BCUT2D eigenvalue weighted by molar-refractivity contribution is 5.73. The van der Waals surface area contributed by atoms with E-state index in [9.17, 15) is 9.90 Å². The standard InChI is InChI=1S/C39H65NO5.CH3N5/c1-10-40-38(17-19-43-20-18-38)23-45-32-26(4)21-39-24-44-22-35(32,7)30(39)12-11-28-29(39)13-14-37(9)31(33(41)42)34(6,27(5)25(2)3)15-16-36(28,37)8;2-1-3-5-6-4-1/h13,25-28,30-32,40H,10-12,14-24H2,1-9H3,(H,41,42);(H3,2,3,4,5,6)/t26-,27-,28+,30+,31-,32+,34-,35+,36-,37+,39+;/m1./s1. The molecule has 7 rings (SSSR count). The molecule has 1 aromatic heterocycles. The van der Waals surface area contributed by atoms with Crippen LogP contribution in [0.3, 0.4) is 0 Å². The number of anilines is 1. The third-order valence-electron chi connectivity index (χ3n) is 16.3. The van der Waals surface area contributed by atoms with Crippen LogP contribution in [0.1, 0.15) is 114 Å². The van der Waals surface area contributed by atoms with Crippen LogP contribution in [0.15, 0.2) is 11.6 Å². The molecule has 6 aliphatic rings. The van der Waals surface area contributed by atoms with Gasteiger partial charge in [0.25, 0.3) is 5.95 Å². The van der Waals surface area contributed by atoms with E-state index in [1.54, 1.807) is 5.57 Å². The Morgan fingerprint density at radius 2 is 1.80 bits per heavy atom. The van der Waals surface area contributed by atoms with Gasteiger partial charge in [-0.25, -0.2) is 0 Å². The number of hydrogen-bond donors (Lipinski definition) is 4. The smallest absolute Gasteiger partial charge is 0.307 e. The van der Waals surface area contributed by atoms with Crippen molar-refractivity contribution >= 4 is 11.9 Å². The molecule has 11 heteroatoms. The van der Waals surface area contributed by atoms with Crippen molar-refractivity contribution in [3.8, 4) is 0 Å². The van der Waals surface area contributed by atoms with Gasteiger partial charge in [-0.05, 0) is 109 Å². The molecule has 2 saturated heterocycles. The Morgan fingerprint density at radius 1 is 1.08 bits per heavy atom. The lowest BCUT2D eigenvalue weighted by Crippen LogP contribution is -2.69. The van der Waals surface area contributed by atoms with E-state index in [4.69, 9.17) is 19.9 Å². The van der Waals surface area contributed by atoms with E-state index in [0.29, 0.717) is 29.6 Å². The maximum atomic E-state index is 13.4. The number of nitrogens with two attached hydrogens (primary N) is 1. The van der Waals surface area contributed by atoms with Gasteiger partial charge >= 0.3 is 5.97 Å². The predicted octanol–water partition coefficient (Wildman–Crippen LogP) is 6.54. The fraction of sp³-hybridized carbons (Fsp3) is 0.900. The van der Waals surface area contributed by atoms with Crippen molar-refractivity contribution in [3.63, 3.8) is 0 Å². The first-order chi connectivity index (χ1) is 24.0. The highest BCUT2D eigenvalue weighted by atomic mass is 16.5. The van der Waals surface area contributed by atoms with Crippen LogP contribution < -0.4 is 11.1 Å². The molecule has 11 atom stereocenters. The lowest BCUT2D eigenvalue weighted by Gasteiger charge is -2.71. The zero-order valence-electron chi connectivity index (χ0n) is 33.0. The number of aromatic amines is 1. The van der Waals surface area contributed by atoms with Crippen LogP contribution in [0.25, 0.3) is 0 Å². The number of hydrogen-bond acceptors (Lipinski definition) is 9. The molecule has 11 nitrogen and oxygen atoms in total. The van der Waals surface area contributed by atoms with Gasteiger partial charge in [0.2, 0.25) is 0 Å². The number of likely N-dealkylation sites (N-methyl/N-ethyl adjacent to an activating group) is 1. The monoisotopic (exact) mass is 713 g/mol. The number of ether oxygens (including phenoxy) is 3. The molecular formula is C40H68N6O5. The Labute approximate surface area is 306 Å². The van der Waals surface area contributed by atoms with Crippen molar-refractivity contribution in [2.24, 2.45) is 62.6 Å². The summed E-state index contributed by atoms with van der Waals surface area (Å²) in [6, 6.07) is 0. The Hall–Kier alpha value is -2.08. The highest BCUT2D eigenvalue weighted by Gasteiger charge is 2.71. The second-order valence-corrected chi connectivity index (χ2v) is 19.0. The van der Waals surface area contributed by atoms with E-state index >= 15 is 0 Å². The number of nitrogen functional groups attached to an aromatic ring is 1. The maximum Gasteiger partial charge on any atom is 0.307 e. The first-order valence-corrected chi connectivity index (χ1v) is 20.0. The number of nitrogens with zero attached hydrogens (tertiary/aromatic N) is 3. The Kier molecular flexibility index (Phi) is 10.6. The van der Waals surface area contributed by atoms with Gasteiger partial charge in [-0.3, -0.25) is 4.79 Å². The Balaban J connectivity index is 0.000000677. The van der Waals surface area contributed by atoms with Crippen molar-refractivity contribution in [1.29, 1.82) is 0 Å². The number of allylic oxidation sites excluding steroid dienone is 1. The molecule has 0 amide bonds. The number of carboxylic acid groups (broad SMARTS) is 1. The summed E-state index contributed by atoms with van der Waals surface area (Å²) in [5.41, 5.74) is 6.06. The number of nitrogens with one attached hydrogen (secondary N) is 2. The van der Waals surface area contributed by atoms with Gasteiger partial charge in [-0.2, -0.15) is 5.21 Å². The molecule has 3 saturated carbocycles. The number of carbonyl (C=O) groups is 1. The van der Waals surface area contributed by atoms with Gasteiger partial charge in [-0.1, -0.05) is 79.1 Å². The molecule has 0 radical (unpaired) electrons. The van der Waals surface area contributed by atoms with Crippen LogP contribution in [0.2, 0.25) is 0 Å². The zero-order valence-corrected chi connectivity index (χ0v) is 33.0. The number of aliphatic carboxylic acids is 1. The lowest BCUT2D eigenvalue weighted by molar-refractivity contribution is -0.254. The van der Waals surface area contributed by atoms with E-state index in [-0.39, 0.29) is 50.6 Å². The highest BCUT2D eigenvalue weighted by Crippen LogP contribution is 2.75. The molecular weight excluding hydrogens is 644 g/mol. The van der Waals surface area contributed by atoms with Gasteiger partial charge in [-0.15, -0.1) is 5.10 Å². The molecule has 5 fully saturated rings. The summed E-state index contributed by atoms with van der Waals surface area (Å²) >= 11 is 0. The molecule has 0 aromatic carbocycles. The van der Waals surface area contributed by atoms with Gasteiger partial charge in [0, 0.05) is 29.6 Å². The minimum absolute atomic E-state index is 0.00102. The number of H-pyrrole nitrogens is 1. The van der Waals surface area contributed by atoms with Gasteiger partial charge in [0.1, 0.15) is 0 Å². The summed E-state index contributed by atoms with van der Waals surface area (Å²) in [6.07, 6.45) is 11.2. The van der Waals surface area contributed by atoms with Crippen LogP contribution >= 0.6 is 0 Å². The van der Waals surface area contributed by atoms with Crippen molar-refractivity contribution in [2.75, 3.05) is 45.3 Å². The van der Waals surface area contributed by atoms with Crippen molar-refractivity contribution < 1.29 is 24.1 Å². The fourth-order valence-electron chi connectivity index (χ4n) is 13.3. The molecule has 288 valence electrons. The molecule has 1 aromatic rings. The lowest BCUT2D eigenvalue weighted by atomic mass is 9.34. The number of rotatable bonds is 8. The van der Waals surface area contributed by atoms with Crippen LogP contribution in [0.4, 0.5) is 5.95 Å². The fourth-order valence-corrected chi connectivity index (χ4v) is 13.3. The minimum Gasteiger partial charge on any atom is -0.481 e. The summed E-state index contributed by atoms with van der Waals surface area (Å²) in [7, 11) is 0. The summed E-state index contributed by atoms with van der Waals surface area (Å²) in [5.74, 6) is 1.45. The molecule has 2 aliphatic heterocycles. The first kappa shape index (κ1) is 38.6. The minimum atomic E-state index is -0.582. The van der Waals surface area contributed by atoms with E-state index in [0.717, 1.165) is 84.5 Å². The molecule has 5 N–H and O–H groups in total. The molecule has 2 bridgehead atoms. The molecule has 0 spiro atoms. The molecule has 3 heterocycles. The third kappa shape index (κ3) is 6.08. The molecule has 51 heavy (non-hydrogen) atoms. The topological polar surface area (TPSA) is 158 Å². The van der Waals surface area contributed by atoms with Gasteiger partial charge < -0.3 is 30.4 Å². The zero-order chi connectivity index (χ0) is 37.0. The summed E-state index contributed by atoms with van der Waals surface area (Å²) in [6.45, 7) is 26.0. The van der Waals surface area contributed by atoms with Crippen molar-refractivity contribution in [3.05, 3.63) is 11.6 Å². The van der Waals surface area contributed by atoms with E-state index < -0.39 is 5.97 Å². The largest absolute Gasteiger partial charge is 0.481 e. The Bertz CT molecular complexity index is 1410. The van der Waals surface area contributed by atoms with Crippen LogP contribution in [-0.2, 0) is 19.0 Å². The van der Waals surface area contributed by atoms with E-state index in [2.05, 4.69) is 94.3 Å². The van der Waals surface area contributed by atoms with Crippen molar-refractivity contribution in [2.45, 2.75) is 125 Å². The van der Waals surface area contributed by atoms with E-state index in [1.807, 2.05) is 0 Å². The van der Waals surface area contributed by atoms with Crippen LogP contribution in [0, 0.1) is 62.6 Å². The predicted molar refractivity (Wildman–Crippen MR) is 198 cm³/mol. The van der Waals surface area contributed by atoms with Gasteiger partial charge in [0.15, 0.2) is 0 Å². The van der Waals surface area contributed by atoms with Crippen molar-refractivity contribution in [1.82, 2.24) is 25.9 Å². The van der Waals surface area contributed by atoms with E-state index in [1.165, 1.54) is 6.42 Å². The second-order valence-electron chi connectivity index (χ2n) is 19.0. The number of fused-ring (bicyclic) bond motifs is 3. The van der Waals surface area contributed by atoms with Crippen LogP contribution in [-0.4, -0.2) is 82.9 Å². The molecule has 0 unspecified atom stereocenters. The van der Waals surface area contributed by atoms with Crippen LogP contribution in [0.5, 0.6) is 0 Å². The van der Waals surface area contributed by atoms with Gasteiger partial charge in [0.05, 0.1) is 31.8 Å². The third-order valence-corrected chi connectivity index (χ3v) is 16.3. The first-order valence-electron chi connectivity index (χ1n) is 20.0. The quantitative estimate of drug-likeness (QED) is 0.218. The maximum absolute atomic E-state index is 13.4. The average molecular weight is 713 g/mol. The number of aromatic nitrogens is 4. The summed E-state index contributed by atoms with van der Waals surface area (Å²) in [4.78, 5) is 13.4. The second kappa shape index (κ2) is 14.0. The summed E-state index contributed by atoms with van der Waals surface area (Å²) in [5, 5.41) is 26.8. The average Bonchev–Trinajstić information content (AvgIpc) is 3.56. The SMILES string of the molecule is CCNC1(CO[C@H]2[C@H](C)C[C@@]34COC[C@@]2(C)[C@@H]3CC[C@H]2C4=CC[C@@]3(C)[C@H](C(=O)O)[C@@](C)([C@H](C)C(C)C)CC[C@]23C)CCOCC1.Nc1nn[nH]n1. The molecule has 4 aliphatic carbocycles. The Morgan fingerprint density at radius 3 is 2.39 bits per heavy atom. The summed E-state index contributed by atoms with van der Waals surface area (Å²) < 4.78 is 19.5. The normalized spacial score (nSPS) is 43.4. The number of carboxylic acids is 1.